The second kappa shape index (κ2) is 7.38. The van der Waals surface area contributed by atoms with E-state index in [4.69, 9.17) is 0 Å². The lowest BCUT2D eigenvalue weighted by Gasteiger charge is -2.18. The van der Waals surface area contributed by atoms with Crippen LogP contribution in [0.1, 0.15) is 26.5 Å². The van der Waals surface area contributed by atoms with Gasteiger partial charge < -0.3 is 4.98 Å². The van der Waals surface area contributed by atoms with Crippen LogP contribution in [0.5, 0.6) is 0 Å². The summed E-state index contributed by atoms with van der Waals surface area (Å²) < 4.78 is 26.1. The summed E-state index contributed by atoms with van der Waals surface area (Å²) in [6, 6.07) is 6.93. The van der Waals surface area contributed by atoms with Crippen molar-refractivity contribution >= 4 is 21.6 Å². The minimum absolute atomic E-state index is 0.178. The van der Waals surface area contributed by atoms with Gasteiger partial charge in [0.15, 0.2) is 0 Å². The average molecular weight is 335 g/mol. The lowest BCUT2D eigenvalue weighted by atomic mass is 10.3. The van der Waals surface area contributed by atoms with Crippen molar-refractivity contribution in [3.8, 4) is 0 Å². The van der Waals surface area contributed by atoms with Crippen molar-refractivity contribution < 1.29 is 8.42 Å². The van der Waals surface area contributed by atoms with Gasteiger partial charge in [-0.05, 0) is 31.2 Å². The van der Waals surface area contributed by atoms with Crippen molar-refractivity contribution in [2.45, 2.75) is 25.7 Å². The standard InChI is InChI=1S/C15H21N5O2S/c1-4-20(5-2)23(21,22)13-8-9-15(17-11-13)19-18-12(3)14-7-6-10-16-14/h6-11,16H,4-5H2,1-3H3,(H,17,19)/b18-12+. The zero-order chi connectivity index (χ0) is 16.9. The maximum Gasteiger partial charge on any atom is 0.244 e. The Kier molecular flexibility index (Phi) is 5.51. The molecule has 0 unspecified atom stereocenters. The van der Waals surface area contributed by atoms with Crippen molar-refractivity contribution in [2.75, 3.05) is 18.5 Å². The van der Waals surface area contributed by atoms with Crippen molar-refractivity contribution in [2.24, 2.45) is 5.10 Å². The minimum atomic E-state index is -3.48. The number of pyridine rings is 1. The first kappa shape index (κ1) is 17.2. The monoisotopic (exact) mass is 335 g/mol. The smallest absolute Gasteiger partial charge is 0.244 e. The van der Waals surface area contributed by atoms with Crippen LogP contribution in [0.15, 0.2) is 46.7 Å². The molecule has 0 radical (unpaired) electrons. The van der Waals surface area contributed by atoms with Gasteiger partial charge in [0.1, 0.15) is 10.7 Å². The highest BCUT2D eigenvalue weighted by Gasteiger charge is 2.21. The highest BCUT2D eigenvalue weighted by Crippen LogP contribution is 2.16. The second-order valence-corrected chi connectivity index (χ2v) is 6.80. The molecular formula is C15H21N5O2S. The number of H-pyrrole nitrogens is 1. The molecule has 0 spiro atoms. The van der Waals surface area contributed by atoms with E-state index in [1.165, 1.54) is 16.6 Å². The van der Waals surface area contributed by atoms with Gasteiger partial charge in [-0.25, -0.2) is 13.4 Å². The Balaban J connectivity index is 2.12. The lowest BCUT2D eigenvalue weighted by Crippen LogP contribution is -2.30. The molecule has 0 amide bonds. The molecule has 8 heteroatoms. The zero-order valence-electron chi connectivity index (χ0n) is 13.4. The van der Waals surface area contributed by atoms with Gasteiger partial charge in [-0.2, -0.15) is 9.41 Å². The van der Waals surface area contributed by atoms with Gasteiger partial charge in [0.25, 0.3) is 0 Å². The second-order valence-electron chi connectivity index (χ2n) is 4.86. The van der Waals surface area contributed by atoms with Crippen molar-refractivity contribution in [1.82, 2.24) is 14.3 Å². The minimum Gasteiger partial charge on any atom is -0.360 e. The highest BCUT2D eigenvalue weighted by atomic mass is 32.2. The molecule has 0 aromatic carbocycles. The van der Waals surface area contributed by atoms with Crippen molar-refractivity contribution in [3.63, 3.8) is 0 Å². The zero-order valence-corrected chi connectivity index (χ0v) is 14.3. The van der Waals surface area contributed by atoms with E-state index in [2.05, 4.69) is 20.5 Å². The highest BCUT2D eigenvalue weighted by molar-refractivity contribution is 7.89. The summed E-state index contributed by atoms with van der Waals surface area (Å²) in [4.78, 5) is 7.34. The summed E-state index contributed by atoms with van der Waals surface area (Å²) in [6.07, 6.45) is 3.16. The normalized spacial score (nSPS) is 12.6. The maximum absolute atomic E-state index is 12.4. The first-order chi connectivity index (χ1) is 11.0. The van der Waals surface area contributed by atoms with Crippen LogP contribution in [0.2, 0.25) is 0 Å². The fraction of sp³-hybridized carbons (Fsp3) is 0.333. The Morgan fingerprint density at radius 1 is 1.30 bits per heavy atom. The molecule has 0 aliphatic rings. The lowest BCUT2D eigenvalue weighted by molar-refractivity contribution is 0.445. The SMILES string of the molecule is CCN(CC)S(=O)(=O)c1ccc(N/N=C(\C)c2ccc[nH]2)nc1. The molecule has 2 heterocycles. The quantitative estimate of drug-likeness (QED) is 0.600. The van der Waals surface area contributed by atoms with Gasteiger partial charge in [0.2, 0.25) is 10.0 Å². The van der Waals surface area contributed by atoms with Gasteiger partial charge in [-0.15, -0.1) is 0 Å². The average Bonchev–Trinajstić information content (AvgIpc) is 3.08. The number of nitrogens with one attached hydrogen (secondary N) is 2. The first-order valence-electron chi connectivity index (χ1n) is 7.39. The molecule has 0 fully saturated rings. The van der Waals surface area contributed by atoms with Crippen LogP contribution >= 0.6 is 0 Å². The summed E-state index contributed by atoms with van der Waals surface area (Å²) in [5, 5.41) is 4.21. The van der Waals surface area contributed by atoms with Gasteiger partial charge >= 0.3 is 0 Å². The molecule has 0 atom stereocenters. The summed E-state index contributed by atoms with van der Waals surface area (Å²) in [6.45, 7) is 6.33. The van der Waals surface area contributed by atoms with E-state index in [0.29, 0.717) is 18.9 Å². The van der Waals surface area contributed by atoms with Crippen molar-refractivity contribution in [3.05, 3.63) is 42.4 Å². The number of anilines is 1. The number of hydrogen-bond donors (Lipinski definition) is 2. The molecule has 2 aromatic rings. The molecular weight excluding hydrogens is 314 g/mol. The van der Waals surface area contributed by atoms with Crippen LogP contribution in [0, 0.1) is 0 Å². The molecule has 23 heavy (non-hydrogen) atoms. The molecule has 7 nitrogen and oxygen atoms in total. The van der Waals surface area contributed by atoms with Crippen LogP contribution in [0.25, 0.3) is 0 Å². The molecule has 2 rings (SSSR count). The third-order valence-electron chi connectivity index (χ3n) is 3.41. The Morgan fingerprint density at radius 2 is 2.04 bits per heavy atom. The first-order valence-corrected chi connectivity index (χ1v) is 8.83. The number of sulfonamides is 1. The van der Waals surface area contributed by atoms with Gasteiger partial charge in [-0.3, -0.25) is 5.43 Å². The summed E-state index contributed by atoms with van der Waals surface area (Å²) in [5.74, 6) is 0.481. The predicted molar refractivity (Wildman–Crippen MR) is 91.0 cm³/mol. The van der Waals surface area contributed by atoms with E-state index in [1.54, 1.807) is 6.07 Å². The van der Waals surface area contributed by atoms with Crippen LogP contribution in [0.4, 0.5) is 5.82 Å². The number of hydrogen-bond acceptors (Lipinski definition) is 5. The topological polar surface area (TPSA) is 90.5 Å². The van der Waals surface area contributed by atoms with Gasteiger partial charge in [-0.1, -0.05) is 13.8 Å². The number of nitrogens with zero attached hydrogens (tertiary/aromatic N) is 3. The molecule has 0 saturated heterocycles. The number of aromatic amines is 1. The van der Waals surface area contributed by atoms with Crippen LogP contribution in [-0.4, -0.2) is 41.5 Å². The molecule has 2 aromatic heterocycles. The Labute approximate surface area is 136 Å². The van der Waals surface area contributed by atoms with E-state index in [0.717, 1.165) is 11.4 Å². The Morgan fingerprint density at radius 3 is 2.57 bits per heavy atom. The maximum atomic E-state index is 12.4. The predicted octanol–water partition coefficient (Wildman–Crippen LogP) is 2.28. The molecule has 2 N–H and O–H groups in total. The molecule has 0 bridgehead atoms. The summed E-state index contributed by atoms with van der Waals surface area (Å²) in [5.41, 5.74) is 4.49. The summed E-state index contributed by atoms with van der Waals surface area (Å²) in [7, 11) is -3.48. The van der Waals surface area contributed by atoms with Crippen LogP contribution in [-0.2, 0) is 10.0 Å². The van der Waals surface area contributed by atoms with E-state index in [9.17, 15) is 8.42 Å². The molecule has 0 saturated carbocycles. The Bertz CT molecular complexity index is 748. The van der Waals surface area contributed by atoms with E-state index < -0.39 is 10.0 Å². The van der Waals surface area contributed by atoms with Crippen LogP contribution < -0.4 is 5.43 Å². The van der Waals surface area contributed by atoms with Crippen LogP contribution in [0.3, 0.4) is 0 Å². The van der Waals surface area contributed by atoms with E-state index in [-0.39, 0.29) is 4.90 Å². The third kappa shape index (κ3) is 3.96. The fourth-order valence-corrected chi connectivity index (χ4v) is 3.47. The Hall–Kier alpha value is -2.19. The number of rotatable bonds is 7. The number of aromatic nitrogens is 2. The van der Waals surface area contributed by atoms with Gasteiger partial charge in [0.05, 0.1) is 11.4 Å². The largest absolute Gasteiger partial charge is 0.360 e. The molecule has 0 aliphatic carbocycles. The van der Waals surface area contributed by atoms with E-state index in [1.807, 2.05) is 39.1 Å². The molecule has 0 aliphatic heterocycles. The number of hydrazone groups is 1. The van der Waals surface area contributed by atoms with Gasteiger partial charge in [0, 0.05) is 25.5 Å². The van der Waals surface area contributed by atoms with Crippen molar-refractivity contribution in [1.29, 1.82) is 0 Å². The fourth-order valence-electron chi connectivity index (χ4n) is 2.07. The molecule has 124 valence electrons. The summed E-state index contributed by atoms with van der Waals surface area (Å²) >= 11 is 0. The third-order valence-corrected chi connectivity index (χ3v) is 5.44. The van der Waals surface area contributed by atoms with E-state index >= 15 is 0 Å².